The van der Waals surface area contributed by atoms with Crippen LogP contribution in [0.5, 0.6) is 11.5 Å². The van der Waals surface area contributed by atoms with Crippen molar-refractivity contribution in [3.63, 3.8) is 0 Å². The van der Waals surface area contributed by atoms with Crippen LogP contribution in [0.3, 0.4) is 0 Å². The van der Waals surface area contributed by atoms with Crippen LogP contribution in [0.25, 0.3) is 22.5 Å². The average Bonchev–Trinajstić information content (AvgIpc) is 3.39. The van der Waals surface area contributed by atoms with E-state index in [-0.39, 0.29) is 28.8 Å². The number of halogens is 1. The molecule has 1 aliphatic rings. The number of aryl methyl sites for hydroxylation is 2. The molecule has 208 valence electrons. The number of morpholine rings is 1. The van der Waals surface area contributed by atoms with Crippen molar-refractivity contribution >= 4 is 5.91 Å². The van der Waals surface area contributed by atoms with Gasteiger partial charge in [0, 0.05) is 32.2 Å². The lowest BCUT2D eigenvalue weighted by Crippen LogP contribution is -2.35. The number of aromatic hydroxyl groups is 2. The first kappa shape index (κ1) is 27.4. The Balaban J connectivity index is 1.49. The molecule has 0 bridgehead atoms. The van der Waals surface area contributed by atoms with Crippen LogP contribution >= 0.6 is 0 Å². The Bertz CT molecular complexity index is 1480. The zero-order valence-electron chi connectivity index (χ0n) is 22.3. The number of hydrogen-bond acceptors (Lipinski definition) is 7. The Hall–Kier alpha value is -4.21. The van der Waals surface area contributed by atoms with Gasteiger partial charge in [-0.3, -0.25) is 9.69 Å². The number of nitrogens with zero attached hydrogens (tertiary/aromatic N) is 2. The first-order chi connectivity index (χ1) is 19.4. The molecule has 5 rings (SSSR count). The second kappa shape index (κ2) is 12.3. The maximum Gasteiger partial charge on any atom is 0.274 e. The molecule has 40 heavy (non-hydrogen) atoms. The van der Waals surface area contributed by atoms with Gasteiger partial charge in [0.15, 0.2) is 11.5 Å². The molecule has 0 radical (unpaired) electrons. The minimum absolute atomic E-state index is 0.0878. The van der Waals surface area contributed by atoms with Gasteiger partial charge >= 0.3 is 0 Å². The summed E-state index contributed by atoms with van der Waals surface area (Å²) in [5, 5.41) is 28.2. The lowest BCUT2D eigenvalue weighted by molar-refractivity contribution is 0.0342. The second-order valence-corrected chi connectivity index (χ2v) is 9.81. The van der Waals surface area contributed by atoms with E-state index >= 15 is 0 Å². The van der Waals surface area contributed by atoms with Crippen LogP contribution in [0.15, 0.2) is 65.2 Å². The number of aromatic nitrogens is 1. The highest BCUT2D eigenvalue weighted by molar-refractivity contribution is 6.02. The van der Waals surface area contributed by atoms with Crippen LogP contribution < -0.4 is 5.32 Å². The van der Waals surface area contributed by atoms with Crippen LogP contribution in [0.4, 0.5) is 4.39 Å². The second-order valence-electron chi connectivity index (χ2n) is 9.81. The van der Waals surface area contributed by atoms with Crippen molar-refractivity contribution in [1.82, 2.24) is 15.4 Å². The predicted molar refractivity (Wildman–Crippen MR) is 149 cm³/mol. The van der Waals surface area contributed by atoms with Gasteiger partial charge < -0.3 is 24.8 Å². The van der Waals surface area contributed by atoms with Crippen LogP contribution in [0, 0.1) is 5.82 Å². The third kappa shape index (κ3) is 6.16. The van der Waals surface area contributed by atoms with Gasteiger partial charge in [-0.2, -0.15) is 0 Å². The van der Waals surface area contributed by atoms with E-state index in [0.29, 0.717) is 41.6 Å². The highest BCUT2D eigenvalue weighted by Crippen LogP contribution is 2.42. The molecule has 0 spiro atoms. The summed E-state index contributed by atoms with van der Waals surface area (Å²) in [4.78, 5) is 15.2. The number of benzene rings is 3. The summed E-state index contributed by atoms with van der Waals surface area (Å²) in [7, 11) is 0. The summed E-state index contributed by atoms with van der Waals surface area (Å²) in [6.07, 6.45) is 0.874. The molecule has 0 atom stereocenters. The van der Waals surface area contributed by atoms with Crippen molar-refractivity contribution in [2.75, 3.05) is 32.8 Å². The molecule has 1 aromatic heterocycles. The topological polar surface area (TPSA) is 108 Å². The number of carbonyl (C=O) groups is 1. The number of amides is 1. The Morgan fingerprint density at radius 3 is 2.50 bits per heavy atom. The summed E-state index contributed by atoms with van der Waals surface area (Å²) in [5.74, 6) is -0.805. The van der Waals surface area contributed by atoms with Gasteiger partial charge in [-0.05, 0) is 60.2 Å². The van der Waals surface area contributed by atoms with Crippen LogP contribution in [-0.4, -0.2) is 59.0 Å². The molecule has 4 aromatic rings. The highest BCUT2D eigenvalue weighted by atomic mass is 19.1. The van der Waals surface area contributed by atoms with Crippen molar-refractivity contribution in [2.45, 2.75) is 26.3 Å². The molecule has 0 aliphatic carbocycles. The van der Waals surface area contributed by atoms with Gasteiger partial charge in [-0.1, -0.05) is 41.6 Å². The lowest BCUT2D eigenvalue weighted by Gasteiger charge is -2.26. The largest absolute Gasteiger partial charge is 0.508 e. The monoisotopic (exact) mass is 545 g/mol. The summed E-state index contributed by atoms with van der Waals surface area (Å²) in [6, 6.07) is 17.0. The van der Waals surface area contributed by atoms with E-state index < -0.39 is 5.91 Å². The van der Waals surface area contributed by atoms with Crippen LogP contribution in [-0.2, 0) is 24.1 Å². The molecule has 3 aromatic carbocycles. The summed E-state index contributed by atoms with van der Waals surface area (Å²) in [6.45, 7) is 6.21. The minimum Gasteiger partial charge on any atom is -0.508 e. The Kier molecular flexibility index (Phi) is 8.42. The van der Waals surface area contributed by atoms with E-state index in [1.807, 2.05) is 37.3 Å². The third-order valence-electron chi connectivity index (χ3n) is 7.01. The van der Waals surface area contributed by atoms with E-state index in [9.17, 15) is 19.4 Å². The number of carbonyl (C=O) groups excluding carboxylic acids is 1. The SMILES string of the molecule is CCNC(=O)c1noc(-c2cc(CCc3cccc(F)c3)c(O)cc2O)c1-c1ccc(CN2CCOCC2)cc1. The van der Waals surface area contributed by atoms with Crippen molar-refractivity contribution < 1.29 is 28.7 Å². The molecule has 8 nitrogen and oxygen atoms in total. The molecule has 1 amide bonds. The fraction of sp³-hybridized carbons (Fsp3) is 0.290. The fourth-order valence-electron chi connectivity index (χ4n) is 4.91. The van der Waals surface area contributed by atoms with E-state index in [0.717, 1.165) is 44.0 Å². The van der Waals surface area contributed by atoms with E-state index in [1.54, 1.807) is 12.1 Å². The highest BCUT2D eigenvalue weighted by Gasteiger charge is 2.27. The van der Waals surface area contributed by atoms with E-state index in [1.165, 1.54) is 18.2 Å². The Morgan fingerprint density at radius 2 is 1.77 bits per heavy atom. The molecule has 1 aliphatic heterocycles. The number of nitrogens with one attached hydrogen (secondary N) is 1. The molecule has 3 N–H and O–H groups in total. The first-order valence-electron chi connectivity index (χ1n) is 13.4. The molecule has 9 heteroatoms. The van der Waals surface area contributed by atoms with Crippen LogP contribution in [0.1, 0.15) is 34.1 Å². The smallest absolute Gasteiger partial charge is 0.274 e. The Morgan fingerprint density at radius 1 is 1.00 bits per heavy atom. The van der Waals surface area contributed by atoms with Crippen molar-refractivity contribution in [1.29, 1.82) is 0 Å². The number of rotatable bonds is 9. The van der Waals surface area contributed by atoms with Gasteiger partial charge in [0.2, 0.25) is 0 Å². The predicted octanol–water partition coefficient (Wildman–Crippen LogP) is 4.93. The number of phenols is 2. The maximum absolute atomic E-state index is 13.6. The molecule has 1 saturated heterocycles. The molecular weight excluding hydrogens is 513 g/mol. The molecule has 0 saturated carbocycles. The summed E-state index contributed by atoms with van der Waals surface area (Å²) < 4.78 is 24.8. The zero-order chi connectivity index (χ0) is 28.1. The Labute approximate surface area is 232 Å². The van der Waals surface area contributed by atoms with E-state index in [2.05, 4.69) is 15.4 Å². The van der Waals surface area contributed by atoms with Crippen molar-refractivity contribution in [3.8, 4) is 33.9 Å². The number of phenolic OH excluding ortho intramolecular Hbond substituents is 2. The number of ether oxygens (including phenoxy) is 1. The van der Waals surface area contributed by atoms with Gasteiger partial charge in [0.25, 0.3) is 5.91 Å². The van der Waals surface area contributed by atoms with Gasteiger partial charge in [0.05, 0.1) is 24.3 Å². The minimum atomic E-state index is -0.394. The third-order valence-corrected chi connectivity index (χ3v) is 7.01. The quantitative estimate of drug-likeness (QED) is 0.274. The molecule has 0 unspecified atom stereocenters. The van der Waals surface area contributed by atoms with Crippen LogP contribution in [0.2, 0.25) is 0 Å². The van der Waals surface area contributed by atoms with E-state index in [4.69, 9.17) is 9.26 Å². The fourth-order valence-corrected chi connectivity index (χ4v) is 4.91. The molecule has 2 heterocycles. The van der Waals surface area contributed by atoms with Gasteiger partial charge in [0.1, 0.15) is 17.3 Å². The lowest BCUT2D eigenvalue weighted by atomic mass is 9.95. The van der Waals surface area contributed by atoms with Gasteiger partial charge in [-0.25, -0.2) is 4.39 Å². The molecule has 1 fully saturated rings. The van der Waals surface area contributed by atoms with Gasteiger partial charge in [-0.15, -0.1) is 0 Å². The van der Waals surface area contributed by atoms with Crippen molar-refractivity contribution in [2.24, 2.45) is 0 Å². The standard InChI is InChI=1S/C31H32FN3O5/c1-2-33-31(38)29-28(22-9-7-21(8-10-22)19-35-12-14-39-15-13-35)30(40-34-29)25-17-23(26(36)18-27(25)37)11-6-20-4-3-5-24(32)16-20/h3-5,7-10,16-18,36-37H,2,6,11-15,19H2,1H3,(H,33,38). The zero-order valence-corrected chi connectivity index (χ0v) is 22.3. The summed E-state index contributed by atoms with van der Waals surface area (Å²) in [5.41, 5.74) is 3.99. The molecular formula is C31H32FN3O5. The average molecular weight is 546 g/mol. The first-order valence-corrected chi connectivity index (χ1v) is 13.4. The maximum atomic E-state index is 13.6. The normalized spacial score (nSPS) is 13.8. The summed E-state index contributed by atoms with van der Waals surface area (Å²) >= 11 is 0. The number of hydrogen-bond donors (Lipinski definition) is 3. The van der Waals surface area contributed by atoms with Crippen molar-refractivity contribution in [3.05, 3.63) is 88.9 Å².